The second-order valence-corrected chi connectivity index (χ2v) is 5.04. The van der Waals surface area contributed by atoms with E-state index in [-0.39, 0.29) is 22.8 Å². The SMILES string of the molecule is CC.COC(=O)C12CCC(C(=O)OC)(CC1)CC2. The van der Waals surface area contributed by atoms with Gasteiger partial charge in [0.2, 0.25) is 0 Å². The van der Waals surface area contributed by atoms with Crippen molar-refractivity contribution in [2.45, 2.75) is 52.4 Å². The second kappa shape index (κ2) is 5.72. The quantitative estimate of drug-likeness (QED) is 0.713. The predicted molar refractivity (Wildman–Crippen MR) is 67.9 cm³/mol. The molecule has 0 spiro atoms. The van der Waals surface area contributed by atoms with Crippen LogP contribution in [0.15, 0.2) is 0 Å². The molecule has 0 heterocycles. The molecular formula is C14H24O4. The van der Waals surface area contributed by atoms with Gasteiger partial charge in [-0.05, 0) is 38.5 Å². The van der Waals surface area contributed by atoms with E-state index < -0.39 is 0 Å². The smallest absolute Gasteiger partial charge is 0.311 e. The first kappa shape index (κ1) is 15.0. The van der Waals surface area contributed by atoms with E-state index in [1.165, 1.54) is 14.2 Å². The van der Waals surface area contributed by atoms with Crippen molar-refractivity contribution in [2.75, 3.05) is 14.2 Å². The van der Waals surface area contributed by atoms with Crippen molar-refractivity contribution in [3.63, 3.8) is 0 Å². The van der Waals surface area contributed by atoms with E-state index in [2.05, 4.69) is 0 Å². The molecule has 3 fully saturated rings. The van der Waals surface area contributed by atoms with E-state index in [0.29, 0.717) is 0 Å². The second-order valence-electron chi connectivity index (χ2n) is 5.04. The molecule has 3 aliphatic carbocycles. The van der Waals surface area contributed by atoms with Crippen LogP contribution in [0.3, 0.4) is 0 Å². The van der Waals surface area contributed by atoms with Crippen molar-refractivity contribution in [2.24, 2.45) is 10.8 Å². The van der Waals surface area contributed by atoms with Crippen LogP contribution in [0.25, 0.3) is 0 Å². The fraction of sp³-hybridized carbons (Fsp3) is 0.857. The number of esters is 2. The zero-order chi connectivity index (χ0) is 13.8. The molecule has 3 aliphatic rings. The van der Waals surface area contributed by atoms with Gasteiger partial charge in [0.15, 0.2) is 0 Å². The van der Waals surface area contributed by atoms with Crippen molar-refractivity contribution in [1.29, 1.82) is 0 Å². The summed E-state index contributed by atoms with van der Waals surface area (Å²) in [4.78, 5) is 23.5. The van der Waals surface area contributed by atoms with Gasteiger partial charge in [0.1, 0.15) is 0 Å². The molecule has 2 bridgehead atoms. The highest BCUT2D eigenvalue weighted by Crippen LogP contribution is 2.57. The van der Waals surface area contributed by atoms with Gasteiger partial charge in [0, 0.05) is 0 Å². The van der Waals surface area contributed by atoms with Crippen LogP contribution in [0.4, 0.5) is 0 Å². The first-order valence-electron chi connectivity index (χ1n) is 6.75. The molecule has 0 aliphatic heterocycles. The van der Waals surface area contributed by atoms with Crippen LogP contribution in [-0.4, -0.2) is 26.2 Å². The fourth-order valence-electron chi connectivity index (χ4n) is 3.23. The lowest BCUT2D eigenvalue weighted by Gasteiger charge is -2.49. The van der Waals surface area contributed by atoms with E-state index >= 15 is 0 Å². The molecule has 0 atom stereocenters. The van der Waals surface area contributed by atoms with E-state index in [9.17, 15) is 9.59 Å². The maximum Gasteiger partial charge on any atom is 0.311 e. The Labute approximate surface area is 109 Å². The normalized spacial score (nSPS) is 33.1. The van der Waals surface area contributed by atoms with Gasteiger partial charge in [-0.15, -0.1) is 0 Å². The third kappa shape index (κ3) is 2.25. The Morgan fingerprint density at radius 3 is 1.11 bits per heavy atom. The molecule has 18 heavy (non-hydrogen) atoms. The van der Waals surface area contributed by atoms with E-state index in [4.69, 9.17) is 9.47 Å². The number of rotatable bonds is 2. The summed E-state index contributed by atoms with van der Waals surface area (Å²) in [5.41, 5.74) is -0.630. The van der Waals surface area contributed by atoms with Gasteiger partial charge in [-0.2, -0.15) is 0 Å². The van der Waals surface area contributed by atoms with Gasteiger partial charge in [-0.1, -0.05) is 13.8 Å². The summed E-state index contributed by atoms with van der Waals surface area (Å²) in [5, 5.41) is 0. The lowest BCUT2D eigenvalue weighted by Crippen LogP contribution is -2.49. The molecule has 0 saturated heterocycles. The topological polar surface area (TPSA) is 52.6 Å². The molecule has 0 aromatic heterocycles. The number of carbonyl (C=O) groups excluding carboxylic acids is 2. The zero-order valence-electron chi connectivity index (χ0n) is 11.9. The number of hydrogen-bond acceptors (Lipinski definition) is 4. The predicted octanol–water partition coefficient (Wildman–Crippen LogP) is 2.70. The average molecular weight is 256 g/mol. The van der Waals surface area contributed by atoms with Crippen molar-refractivity contribution < 1.29 is 19.1 Å². The van der Waals surface area contributed by atoms with Crippen LogP contribution < -0.4 is 0 Å². The van der Waals surface area contributed by atoms with Crippen molar-refractivity contribution in [3.05, 3.63) is 0 Å². The van der Waals surface area contributed by atoms with Crippen LogP contribution in [0.1, 0.15) is 52.4 Å². The molecule has 4 heteroatoms. The Kier molecular flexibility index (Phi) is 4.77. The first-order valence-corrected chi connectivity index (χ1v) is 6.75. The van der Waals surface area contributed by atoms with Gasteiger partial charge in [-0.25, -0.2) is 0 Å². The fourth-order valence-corrected chi connectivity index (χ4v) is 3.23. The van der Waals surface area contributed by atoms with Gasteiger partial charge in [-0.3, -0.25) is 9.59 Å². The zero-order valence-corrected chi connectivity index (χ0v) is 11.9. The van der Waals surface area contributed by atoms with E-state index in [0.717, 1.165) is 38.5 Å². The Hall–Kier alpha value is -1.06. The van der Waals surface area contributed by atoms with Crippen molar-refractivity contribution in [1.82, 2.24) is 0 Å². The Bertz CT molecular complexity index is 265. The van der Waals surface area contributed by atoms with Crippen LogP contribution in [0.5, 0.6) is 0 Å². The molecule has 104 valence electrons. The molecule has 0 aromatic carbocycles. The number of fused-ring (bicyclic) bond motifs is 3. The molecule has 0 aromatic rings. The summed E-state index contributed by atoms with van der Waals surface area (Å²) in [5.74, 6) is -0.212. The number of methoxy groups -OCH3 is 2. The molecule has 3 saturated carbocycles. The largest absolute Gasteiger partial charge is 0.469 e. The van der Waals surface area contributed by atoms with E-state index in [1.54, 1.807) is 0 Å². The summed E-state index contributed by atoms with van der Waals surface area (Å²) in [6.45, 7) is 4.00. The third-order valence-electron chi connectivity index (χ3n) is 4.48. The molecule has 0 N–H and O–H groups in total. The Morgan fingerprint density at radius 1 is 0.722 bits per heavy atom. The molecule has 4 nitrogen and oxygen atoms in total. The highest BCUT2D eigenvalue weighted by Gasteiger charge is 2.56. The summed E-state index contributed by atoms with van der Waals surface area (Å²) >= 11 is 0. The maximum atomic E-state index is 11.7. The van der Waals surface area contributed by atoms with Crippen LogP contribution in [0, 0.1) is 10.8 Å². The minimum Gasteiger partial charge on any atom is -0.469 e. The molecular weight excluding hydrogens is 232 g/mol. The lowest BCUT2D eigenvalue weighted by atomic mass is 9.53. The number of hydrogen-bond donors (Lipinski definition) is 0. The summed E-state index contributed by atoms with van der Waals surface area (Å²) in [6.07, 6.45) is 4.55. The molecule has 0 unspecified atom stereocenters. The Morgan fingerprint density at radius 2 is 0.944 bits per heavy atom. The monoisotopic (exact) mass is 256 g/mol. The maximum absolute atomic E-state index is 11.7. The van der Waals surface area contributed by atoms with E-state index in [1.807, 2.05) is 13.8 Å². The summed E-state index contributed by atoms with van der Waals surface area (Å²) in [7, 11) is 2.88. The van der Waals surface area contributed by atoms with Gasteiger partial charge >= 0.3 is 11.9 Å². The summed E-state index contributed by atoms with van der Waals surface area (Å²) < 4.78 is 9.75. The minimum atomic E-state index is -0.315. The van der Waals surface area contributed by atoms with Crippen LogP contribution in [0.2, 0.25) is 0 Å². The lowest BCUT2D eigenvalue weighted by molar-refractivity contribution is -0.174. The van der Waals surface area contributed by atoms with Crippen LogP contribution in [-0.2, 0) is 19.1 Å². The Balaban J connectivity index is 0.000000771. The van der Waals surface area contributed by atoms with Crippen LogP contribution >= 0.6 is 0 Å². The molecule has 3 rings (SSSR count). The number of carbonyl (C=O) groups is 2. The highest BCUT2D eigenvalue weighted by atomic mass is 16.5. The number of ether oxygens (including phenoxy) is 2. The van der Waals surface area contributed by atoms with Gasteiger partial charge in [0.25, 0.3) is 0 Å². The molecule has 0 amide bonds. The third-order valence-corrected chi connectivity index (χ3v) is 4.48. The average Bonchev–Trinajstić information content (AvgIpc) is 2.49. The van der Waals surface area contributed by atoms with Gasteiger partial charge < -0.3 is 9.47 Å². The first-order chi connectivity index (χ1) is 8.58. The standard InChI is InChI=1S/C12H18O4.C2H6/c1-15-9(13)11-3-6-12(7-4-11,8-5-11)10(14)16-2;1-2/h3-8H2,1-2H3;1-2H3. The molecule has 0 radical (unpaired) electrons. The highest BCUT2D eigenvalue weighted by molar-refractivity contribution is 5.81. The summed E-state index contributed by atoms with van der Waals surface area (Å²) in [6, 6.07) is 0. The van der Waals surface area contributed by atoms with Crippen molar-refractivity contribution >= 4 is 11.9 Å². The minimum absolute atomic E-state index is 0.106. The van der Waals surface area contributed by atoms with Crippen molar-refractivity contribution in [3.8, 4) is 0 Å². The van der Waals surface area contributed by atoms with Gasteiger partial charge in [0.05, 0.1) is 25.0 Å².